The molecule has 1 aromatic carbocycles. The molecule has 0 unspecified atom stereocenters. The highest BCUT2D eigenvalue weighted by Gasteiger charge is 2.49. The standard InChI is InChI=1S/C25H20IN3O7/c1-13(30)6-7-20(31)27-10-21(32)36-25(26)17-9-19-22-15(8-14-4-2-3-5-18(14)28-22)11-29(19)23(33)16(17)12-35-24(25)34/h2-5,8-9H,6-7,10-12H2,1H3,(H,27,31)/t25-/m0/s1. The van der Waals surface area contributed by atoms with E-state index in [0.29, 0.717) is 17.9 Å². The van der Waals surface area contributed by atoms with Crippen molar-refractivity contribution in [3.63, 3.8) is 0 Å². The number of rotatable bonds is 6. The van der Waals surface area contributed by atoms with Crippen molar-refractivity contribution in [3.8, 4) is 11.4 Å². The minimum absolute atomic E-state index is 0.0522. The molecule has 0 saturated carbocycles. The lowest BCUT2D eigenvalue weighted by Gasteiger charge is -2.31. The van der Waals surface area contributed by atoms with Gasteiger partial charge in [-0.3, -0.25) is 14.4 Å². The van der Waals surface area contributed by atoms with Gasteiger partial charge in [0, 0.05) is 29.4 Å². The Morgan fingerprint density at radius 2 is 1.97 bits per heavy atom. The molecule has 5 rings (SSSR count). The van der Waals surface area contributed by atoms with Gasteiger partial charge in [-0.2, -0.15) is 0 Å². The number of aromatic nitrogens is 2. The number of fused-ring (bicyclic) bond motifs is 5. The van der Waals surface area contributed by atoms with Gasteiger partial charge in [-0.05, 0) is 47.7 Å². The average Bonchev–Trinajstić information content (AvgIpc) is 3.20. The van der Waals surface area contributed by atoms with Crippen LogP contribution >= 0.6 is 22.6 Å². The maximum atomic E-state index is 13.4. The largest absolute Gasteiger partial charge is 0.457 e. The molecule has 184 valence electrons. The van der Waals surface area contributed by atoms with Crippen molar-refractivity contribution in [2.24, 2.45) is 0 Å². The lowest BCUT2D eigenvalue weighted by atomic mass is 10.00. The quantitative estimate of drug-likeness (QED) is 0.202. The third-order valence-electron chi connectivity index (χ3n) is 6.12. The number of para-hydroxylation sites is 1. The van der Waals surface area contributed by atoms with Crippen molar-refractivity contribution < 1.29 is 28.7 Å². The van der Waals surface area contributed by atoms with E-state index in [4.69, 9.17) is 14.5 Å². The Labute approximate surface area is 218 Å². The van der Waals surface area contributed by atoms with Crippen molar-refractivity contribution >= 4 is 57.1 Å². The lowest BCUT2D eigenvalue weighted by Crippen LogP contribution is -2.45. The topological polar surface area (TPSA) is 134 Å². The molecule has 2 aliphatic heterocycles. The molecule has 2 aliphatic rings. The van der Waals surface area contributed by atoms with Crippen molar-refractivity contribution in [2.75, 3.05) is 6.54 Å². The molecule has 1 amide bonds. The average molecular weight is 601 g/mol. The van der Waals surface area contributed by atoms with E-state index in [1.165, 1.54) is 6.92 Å². The number of nitrogens with zero attached hydrogens (tertiary/aromatic N) is 2. The molecule has 11 heteroatoms. The Morgan fingerprint density at radius 3 is 2.75 bits per heavy atom. The molecule has 36 heavy (non-hydrogen) atoms. The summed E-state index contributed by atoms with van der Waals surface area (Å²) in [7, 11) is 0. The summed E-state index contributed by atoms with van der Waals surface area (Å²) in [6.45, 7) is 0.930. The van der Waals surface area contributed by atoms with Crippen LogP contribution in [0.25, 0.3) is 22.3 Å². The number of esters is 2. The zero-order chi connectivity index (χ0) is 25.6. The van der Waals surface area contributed by atoms with Gasteiger partial charge in [-0.25, -0.2) is 9.78 Å². The first-order valence-electron chi connectivity index (χ1n) is 11.2. The maximum absolute atomic E-state index is 13.4. The van der Waals surface area contributed by atoms with Gasteiger partial charge in [-0.1, -0.05) is 18.2 Å². The predicted octanol–water partition coefficient (Wildman–Crippen LogP) is 2.10. The zero-order valence-electron chi connectivity index (χ0n) is 19.1. The normalized spacial score (nSPS) is 17.6. The second kappa shape index (κ2) is 9.12. The molecular weight excluding hydrogens is 581 g/mol. The number of carbonyl (C=O) groups excluding carboxylic acids is 4. The fourth-order valence-electron chi connectivity index (χ4n) is 4.32. The van der Waals surface area contributed by atoms with Crippen molar-refractivity contribution in [1.82, 2.24) is 14.9 Å². The van der Waals surface area contributed by atoms with E-state index >= 15 is 0 Å². The minimum atomic E-state index is -1.92. The van der Waals surface area contributed by atoms with Gasteiger partial charge in [0.15, 0.2) is 0 Å². The Balaban J connectivity index is 1.47. The molecule has 10 nitrogen and oxygen atoms in total. The van der Waals surface area contributed by atoms with Crippen LogP contribution in [0.1, 0.15) is 36.5 Å². The van der Waals surface area contributed by atoms with Crippen LogP contribution < -0.4 is 10.9 Å². The second-order valence-corrected chi connectivity index (χ2v) is 10.1. The van der Waals surface area contributed by atoms with Gasteiger partial charge in [0.1, 0.15) is 18.9 Å². The first-order chi connectivity index (χ1) is 17.2. The highest BCUT2D eigenvalue weighted by molar-refractivity contribution is 14.1. The molecule has 3 aromatic rings. The third-order valence-corrected chi connectivity index (χ3v) is 7.36. The van der Waals surface area contributed by atoms with Crippen LogP contribution in [0.15, 0.2) is 41.2 Å². The molecule has 1 atom stereocenters. The molecule has 0 radical (unpaired) electrons. The van der Waals surface area contributed by atoms with E-state index in [-0.39, 0.29) is 41.9 Å². The number of benzene rings is 1. The first kappa shape index (κ1) is 24.1. The summed E-state index contributed by atoms with van der Waals surface area (Å²) in [5.41, 5.74) is 2.84. The van der Waals surface area contributed by atoms with Gasteiger partial charge >= 0.3 is 11.9 Å². The van der Waals surface area contributed by atoms with Gasteiger partial charge in [0.25, 0.3) is 9.17 Å². The molecule has 0 fully saturated rings. The number of ketones is 1. The Hall–Kier alpha value is -3.61. The van der Waals surface area contributed by atoms with E-state index in [9.17, 15) is 24.0 Å². The Bertz CT molecular complexity index is 1530. The summed E-state index contributed by atoms with van der Waals surface area (Å²) in [6, 6.07) is 11.2. The summed E-state index contributed by atoms with van der Waals surface area (Å²) in [5, 5.41) is 3.32. The summed E-state index contributed by atoms with van der Waals surface area (Å²) >= 11 is 1.66. The number of hydrogen-bond donors (Lipinski definition) is 1. The van der Waals surface area contributed by atoms with Crippen LogP contribution in [0.2, 0.25) is 0 Å². The molecule has 0 aliphatic carbocycles. The molecule has 0 saturated heterocycles. The van der Waals surface area contributed by atoms with Crippen LogP contribution in [-0.2, 0) is 45.4 Å². The van der Waals surface area contributed by atoms with Gasteiger partial charge in [-0.15, -0.1) is 0 Å². The molecule has 2 aromatic heterocycles. The van der Waals surface area contributed by atoms with Crippen LogP contribution in [0.3, 0.4) is 0 Å². The van der Waals surface area contributed by atoms with Gasteiger partial charge in [0.05, 0.1) is 29.0 Å². The molecule has 4 heterocycles. The van der Waals surface area contributed by atoms with Crippen LogP contribution in [0.5, 0.6) is 0 Å². The highest BCUT2D eigenvalue weighted by Crippen LogP contribution is 2.43. The van der Waals surface area contributed by atoms with Crippen LogP contribution in [-0.4, -0.2) is 39.7 Å². The fourth-order valence-corrected chi connectivity index (χ4v) is 5.20. The van der Waals surface area contributed by atoms with E-state index < -0.39 is 28.0 Å². The number of amides is 1. The van der Waals surface area contributed by atoms with Crippen molar-refractivity contribution in [2.45, 2.75) is 36.5 Å². The monoisotopic (exact) mass is 601 g/mol. The van der Waals surface area contributed by atoms with E-state index in [1.807, 2.05) is 30.3 Å². The summed E-state index contributed by atoms with van der Waals surface area (Å²) < 4.78 is 10.4. The van der Waals surface area contributed by atoms with E-state index in [1.54, 1.807) is 33.2 Å². The summed E-state index contributed by atoms with van der Waals surface area (Å²) in [6.07, 6.45) is -0.0104. The van der Waals surface area contributed by atoms with Crippen molar-refractivity contribution in [1.29, 1.82) is 0 Å². The number of cyclic esters (lactones) is 1. The van der Waals surface area contributed by atoms with Gasteiger partial charge in [0.2, 0.25) is 5.91 Å². The number of halogens is 1. The van der Waals surface area contributed by atoms with E-state index in [2.05, 4.69) is 5.32 Å². The second-order valence-electron chi connectivity index (χ2n) is 8.63. The fraction of sp³-hybridized carbons (Fsp3) is 0.280. The number of hydrogen-bond acceptors (Lipinski definition) is 8. The highest BCUT2D eigenvalue weighted by atomic mass is 127. The number of pyridine rings is 2. The van der Waals surface area contributed by atoms with Gasteiger partial charge < -0.3 is 24.2 Å². The molecule has 0 spiro atoms. The van der Waals surface area contributed by atoms with Crippen LogP contribution in [0.4, 0.5) is 0 Å². The number of alkyl halides is 1. The molecule has 0 bridgehead atoms. The Morgan fingerprint density at radius 1 is 1.19 bits per heavy atom. The van der Waals surface area contributed by atoms with E-state index in [0.717, 1.165) is 16.5 Å². The zero-order valence-corrected chi connectivity index (χ0v) is 21.3. The number of carbonyl (C=O) groups is 4. The Kier molecular flexibility index (Phi) is 6.10. The smallest absolute Gasteiger partial charge is 0.366 e. The number of ether oxygens (including phenoxy) is 2. The van der Waals surface area contributed by atoms with Crippen LogP contribution in [0, 0.1) is 0 Å². The summed E-state index contributed by atoms with van der Waals surface area (Å²) in [5.74, 6) is -2.37. The predicted molar refractivity (Wildman–Crippen MR) is 135 cm³/mol. The first-order valence-corrected chi connectivity index (χ1v) is 12.3. The summed E-state index contributed by atoms with van der Waals surface area (Å²) in [4.78, 5) is 66.4. The van der Waals surface area contributed by atoms with Crippen molar-refractivity contribution in [3.05, 3.63) is 63.4 Å². The molecule has 1 N–H and O–H groups in total. The number of Topliss-reactive ketones (excluding diaryl/α,β-unsaturated/α-hetero) is 1. The lowest BCUT2D eigenvalue weighted by molar-refractivity contribution is -0.173. The third kappa shape index (κ3) is 4.16. The minimum Gasteiger partial charge on any atom is -0.457 e. The number of nitrogens with one attached hydrogen (secondary N) is 1. The molecular formula is C25H20IN3O7. The maximum Gasteiger partial charge on any atom is 0.366 e. The SMILES string of the molecule is CC(=O)CCC(=O)NCC(=O)O[C@]1(I)C(=O)OCc2c1cc1n(c2=O)Cc2cc3ccccc3nc2-1.